The van der Waals surface area contributed by atoms with Crippen molar-refractivity contribution in [2.45, 2.75) is 19.8 Å². The van der Waals surface area contributed by atoms with Gasteiger partial charge in [0.25, 0.3) is 0 Å². The summed E-state index contributed by atoms with van der Waals surface area (Å²) in [4.78, 5) is 0. The topological polar surface area (TPSA) is 27.7 Å². The quantitative estimate of drug-likeness (QED) is 0.711. The van der Waals surface area contributed by atoms with E-state index in [1.807, 2.05) is 49.4 Å². The van der Waals surface area contributed by atoms with E-state index in [9.17, 15) is 0 Å². The summed E-state index contributed by atoms with van der Waals surface area (Å²) in [7, 11) is 3.25. The number of rotatable bonds is 6. The molecule has 0 aliphatic heterocycles. The van der Waals surface area contributed by atoms with Crippen molar-refractivity contribution in [2.75, 3.05) is 14.2 Å². The van der Waals surface area contributed by atoms with Gasteiger partial charge in [0, 0.05) is 19.8 Å². The van der Waals surface area contributed by atoms with Crippen molar-refractivity contribution >= 4 is 15.9 Å². The van der Waals surface area contributed by atoms with Crippen molar-refractivity contribution in [3.05, 3.63) is 63.6 Å². The van der Waals surface area contributed by atoms with Crippen LogP contribution < -0.4 is 4.74 Å². The molecule has 0 aromatic heterocycles. The van der Waals surface area contributed by atoms with Crippen molar-refractivity contribution in [2.24, 2.45) is 0 Å². The standard InChI is InChI=1S/C17H19BrO3/c1-12-9-16(21-11-13-7-5-4-6-8-13)15(18)10-14(12)17(19-2)20-3/h4-10,17H,11H2,1-3H3. The molecule has 0 unspecified atom stereocenters. The van der Waals surface area contributed by atoms with E-state index in [0.717, 1.165) is 26.9 Å². The van der Waals surface area contributed by atoms with E-state index >= 15 is 0 Å². The highest BCUT2D eigenvalue weighted by atomic mass is 79.9. The molecule has 0 saturated carbocycles. The Hall–Kier alpha value is -1.36. The number of aryl methyl sites for hydroxylation is 1. The van der Waals surface area contributed by atoms with E-state index in [0.29, 0.717) is 6.61 Å². The molecule has 21 heavy (non-hydrogen) atoms. The maximum absolute atomic E-state index is 5.88. The third-order valence-corrected chi connectivity index (χ3v) is 3.86. The summed E-state index contributed by atoms with van der Waals surface area (Å²) in [5.74, 6) is 0.811. The van der Waals surface area contributed by atoms with Crippen LogP contribution in [0.2, 0.25) is 0 Å². The summed E-state index contributed by atoms with van der Waals surface area (Å²) in [6.45, 7) is 2.55. The largest absolute Gasteiger partial charge is 0.488 e. The van der Waals surface area contributed by atoms with Gasteiger partial charge in [0.1, 0.15) is 12.4 Å². The lowest BCUT2D eigenvalue weighted by Crippen LogP contribution is -2.06. The van der Waals surface area contributed by atoms with Gasteiger partial charge < -0.3 is 14.2 Å². The summed E-state index contributed by atoms with van der Waals surface area (Å²) in [6.07, 6.45) is -0.371. The van der Waals surface area contributed by atoms with Gasteiger partial charge in [-0.3, -0.25) is 0 Å². The van der Waals surface area contributed by atoms with Crippen molar-refractivity contribution in [3.63, 3.8) is 0 Å². The maximum Gasteiger partial charge on any atom is 0.183 e. The first-order valence-electron chi connectivity index (χ1n) is 6.68. The van der Waals surface area contributed by atoms with E-state index in [4.69, 9.17) is 14.2 Å². The van der Waals surface area contributed by atoms with Crippen LogP contribution in [0.1, 0.15) is 23.0 Å². The number of hydrogen-bond acceptors (Lipinski definition) is 3. The molecule has 112 valence electrons. The molecular weight excluding hydrogens is 332 g/mol. The molecule has 0 heterocycles. The van der Waals surface area contributed by atoms with Crippen LogP contribution in [0.5, 0.6) is 5.75 Å². The zero-order valence-electron chi connectivity index (χ0n) is 12.4. The van der Waals surface area contributed by atoms with Crippen molar-refractivity contribution < 1.29 is 14.2 Å². The van der Waals surface area contributed by atoms with Gasteiger partial charge in [-0.25, -0.2) is 0 Å². The minimum absolute atomic E-state index is 0.371. The number of halogens is 1. The molecule has 2 aromatic carbocycles. The van der Waals surface area contributed by atoms with Crippen LogP contribution in [0.15, 0.2) is 46.9 Å². The van der Waals surface area contributed by atoms with Gasteiger partial charge >= 0.3 is 0 Å². The van der Waals surface area contributed by atoms with E-state index in [1.165, 1.54) is 0 Å². The summed E-state index contributed by atoms with van der Waals surface area (Å²) in [6, 6.07) is 14.1. The first-order chi connectivity index (χ1) is 10.2. The van der Waals surface area contributed by atoms with Gasteiger partial charge in [-0.05, 0) is 46.1 Å². The zero-order valence-corrected chi connectivity index (χ0v) is 14.0. The van der Waals surface area contributed by atoms with Crippen LogP contribution in [0.25, 0.3) is 0 Å². The SMILES string of the molecule is COC(OC)c1cc(Br)c(OCc2ccccc2)cc1C. The minimum atomic E-state index is -0.371. The highest BCUT2D eigenvalue weighted by molar-refractivity contribution is 9.10. The van der Waals surface area contributed by atoms with Gasteiger partial charge in [0.2, 0.25) is 0 Å². The molecule has 0 N–H and O–H groups in total. The Morgan fingerprint density at radius 1 is 1.05 bits per heavy atom. The third-order valence-electron chi connectivity index (χ3n) is 3.24. The lowest BCUT2D eigenvalue weighted by atomic mass is 10.1. The van der Waals surface area contributed by atoms with E-state index in [1.54, 1.807) is 14.2 Å². The molecule has 0 atom stereocenters. The van der Waals surface area contributed by atoms with Gasteiger partial charge in [-0.15, -0.1) is 0 Å². The lowest BCUT2D eigenvalue weighted by Gasteiger charge is -2.18. The second-order valence-corrected chi connectivity index (χ2v) is 5.57. The lowest BCUT2D eigenvalue weighted by molar-refractivity contribution is -0.106. The highest BCUT2D eigenvalue weighted by Gasteiger charge is 2.15. The fourth-order valence-electron chi connectivity index (χ4n) is 2.12. The van der Waals surface area contributed by atoms with Gasteiger partial charge in [-0.1, -0.05) is 30.3 Å². The van der Waals surface area contributed by atoms with Gasteiger partial charge in [-0.2, -0.15) is 0 Å². The normalized spacial score (nSPS) is 10.9. The predicted molar refractivity (Wildman–Crippen MR) is 86.4 cm³/mol. The smallest absolute Gasteiger partial charge is 0.183 e. The molecule has 0 aliphatic carbocycles. The Morgan fingerprint density at radius 2 is 1.71 bits per heavy atom. The first kappa shape index (κ1) is 16.0. The molecule has 4 heteroatoms. The molecular formula is C17H19BrO3. The summed E-state index contributed by atoms with van der Waals surface area (Å²) < 4.78 is 17.4. The molecule has 0 amide bonds. The monoisotopic (exact) mass is 350 g/mol. The summed E-state index contributed by atoms with van der Waals surface area (Å²) in [5.41, 5.74) is 3.19. The Kier molecular flexibility index (Phi) is 5.79. The van der Waals surface area contributed by atoms with Crippen LogP contribution in [-0.2, 0) is 16.1 Å². The number of hydrogen-bond donors (Lipinski definition) is 0. The Labute approximate surface area is 134 Å². The van der Waals surface area contributed by atoms with Crippen molar-refractivity contribution in [1.29, 1.82) is 0 Å². The molecule has 0 bridgehead atoms. The average Bonchev–Trinajstić information content (AvgIpc) is 2.51. The van der Waals surface area contributed by atoms with Crippen molar-refractivity contribution in [1.82, 2.24) is 0 Å². The molecule has 2 aromatic rings. The molecule has 0 radical (unpaired) electrons. The number of ether oxygens (including phenoxy) is 3. The van der Waals surface area contributed by atoms with Crippen LogP contribution in [0, 0.1) is 6.92 Å². The highest BCUT2D eigenvalue weighted by Crippen LogP contribution is 2.33. The average molecular weight is 351 g/mol. The summed E-state index contributed by atoms with van der Waals surface area (Å²) >= 11 is 3.55. The van der Waals surface area contributed by atoms with Gasteiger partial charge in [0.15, 0.2) is 6.29 Å². The molecule has 0 aliphatic rings. The number of methoxy groups -OCH3 is 2. The van der Waals surface area contributed by atoms with Crippen molar-refractivity contribution in [3.8, 4) is 5.75 Å². The van der Waals surface area contributed by atoms with Crippen LogP contribution >= 0.6 is 15.9 Å². The fraction of sp³-hybridized carbons (Fsp3) is 0.294. The third kappa shape index (κ3) is 4.06. The molecule has 0 spiro atoms. The maximum atomic E-state index is 5.88. The second kappa shape index (κ2) is 7.59. The molecule has 0 fully saturated rings. The molecule has 3 nitrogen and oxygen atoms in total. The second-order valence-electron chi connectivity index (χ2n) is 4.72. The van der Waals surface area contributed by atoms with Gasteiger partial charge in [0.05, 0.1) is 4.47 Å². The summed E-state index contributed by atoms with van der Waals surface area (Å²) in [5, 5.41) is 0. The first-order valence-corrected chi connectivity index (χ1v) is 7.47. The van der Waals surface area contributed by atoms with Crippen LogP contribution in [0.3, 0.4) is 0 Å². The minimum Gasteiger partial charge on any atom is -0.488 e. The predicted octanol–water partition coefficient (Wildman–Crippen LogP) is 4.63. The molecule has 2 rings (SSSR count). The zero-order chi connectivity index (χ0) is 15.2. The Balaban J connectivity index is 2.16. The van der Waals surface area contributed by atoms with E-state index < -0.39 is 0 Å². The van der Waals surface area contributed by atoms with Crippen LogP contribution in [0.4, 0.5) is 0 Å². The van der Waals surface area contributed by atoms with E-state index in [-0.39, 0.29) is 6.29 Å². The van der Waals surface area contributed by atoms with E-state index in [2.05, 4.69) is 15.9 Å². The Morgan fingerprint density at radius 3 is 2.33 bits per heavy atom. The number of benzene rings is 2. The van der Waals surface area contributed by atoms with Crippen LogP contribution in [-0.4, -0.2) is 14.2 Å². The molecule has 0 saturated heterocycles. The fourth-order valence-corrected chi connectivity index (χ4v) is 2.60. The Bertz CT molecular complexity index is 580.